The molecule has 5 nitrogen and oxygen atoms in total. The average molecular weight is 261 g/mol. The lowest BCUT2D eigenvalue weighted by Gasteiger charge is -2.16. The van der Waals surface area contributed by atoms with Gasteiger partial charge in [0, 0.05) is 12.2 Å². The second-order valence-corrected chi connectivity index (χ2v) is 4.56. The maximum Gasteiger partial charge on any atom is 0.341 e. The summed E-state index contributed by atoms with van der Waals surface area (Å²) < 4.78 is 6.86. The quantitative estimate of drug-likeness (QED) is 0.920. The van der Waals surface area contributed by atoms with Crippen LogP contribution in [0.25, 0.3) is 10.9 Å². The lowest BCUT2D eigenvalue weighted by Crippen LogP contribution is -2.19. The van der Waals surface area contributed by atoms with Crippen LogP contribution in [-0.4, -0.2) is 22.8 Å². The molecule has 1 aromatic carbocycles. The van der Waals surface area contributed by atoms with E-state index in [9.17, 15) is 9.59 Å². The molecule has 0 aliphatic heterocycles. The number of benzene rings is 1. The molecule has 0 fully saturated rings. The van der Waals surface area contributed by atoms with Crippen LogP contribution in [-0.2, 0) is 0 Å². The molecule has 0 radical (unpaired) electrons. The van der Waals surface area contributed by atoms with E-state index in [2.05, 4.69) is 0 Å². The Bertz CT molecular complexity index is 700. The van der Waals surface area contributed by atoms with Crippen molar-refractivity contribution in [2.75, 3.05) is 7.11 Å². The summed E-state index contributed by atoms with van der Waals surface area (Å²) in [5.41, 5.74) is -0.0152. The zero-order valence-corrected chi connectivity index (χ0v) is 11.0. The van der Waals surface area contributed by atoms with Gasteiger partial charge in [0.25, 0.3) is 0 Å². The number of aromatic carboxylic acids is 1. The molecule has 0 aliphatic carbocycles. The van der Waals surface area contributed by atoms with Crippen molar-refractivity contribution in [3.8, 4) is 5.75 Å². The normalized spacial score (nSPS) is 10.9. The molecule has 0 saturated heterocycles. The average Bonchev–Trinajstić information content (AvgIpc) is 2.38. The number of carboxylic acid groups (broad SMARTS) is 1. The van der Waals surface area contributed by atoms with Crippen molar-refractivity contribution < 1.29 is 14.6 Å². The lowest BCUT2D eigenvalue weighted by molar-refractivity contribution is 0.0694. The van der Waals surface area contributed by atoms with Gasteiger partial charge in [-0.2, -0.15) is 0 Å². The SMILES string of the molecule is COc1ccc2c(c1)c(=O)c(C(=O)O)cn2C(C)C. The number of aromatic nitrogens is 1. The van der Waals surface area contributed by atoms with Gasteiger partial charge in [-0.15, -0.1) is 0 Å². The third kappa shape index (κ3) is 2.19. The predicted molar refractivity (Wildman–Crippen MR) is 72.1 cm³/mol. The first-order valence-corrected chi connectivity index (χ1v) is 5.92. The highest BCUT2D eigenvalue weighted by atomic mass is 16.5. The largest absolute Gasteiger partial charge is 0.497 e. The van der Waals surface area contributed by atoms with Gasteiger partial charge in [0.05, 0.1) is 18.0 Å². The van der Waals surface area contributed by atoms with Crippen LogP contribution in [0.2, 0.25) is 0 Å². The van der Waals surface area contributed by atoms with E-state index in [0.29, 0.717) is 16.7 Å². The molecule has 0 bridgehead atoms. The minimum atomic E-state index is -1.22. The Hall–Kier alpha value is -2.30. The molecule has 100 valence electrons. The number of carboxylic acids is 1. The Balaban J connectivity index is 2.92. The monoisotopic (exact) mass is 261 g/mol. The molecule has 5 heteroatoms. The standard InChI is InChI=1S/C14H15NO4/c1-8(2)15-7-11(14(17)18)13(16)10-6-9(19-3)4-5-12(10)15/h4-8H,1-3H3,(H,17,18). The van der Waals surface area contributed by atoms with E-state index in [4.69, 9.17) is 9.84 Å². The van der Waals surface area contributed by atoms with Gasteiger partial charge in [-0.05, 0) is 32.0 Å². The number of ether oxygens (including phenoxy) is 1. The summed E-state index contributed by atoms with van der Waals surface area (Å²) in [6.07, 6.45) is 1.39. The molecule has 0 unspecified atom stereocenters. The first-order chi connectivity index (χ1) is 8.95. The van der Waals surface area contributed by atoms with Crippen LogP contribution in [0, 0.1) is 0 Å². The number of fused-ring (bicyclic) bond motifs is 1. The van der Waals surface area contributed by atoms with Crippen molar-refractivity contribution in [3.05, 3.63) is 40.2 Å². The summed E-state index contributed by atoms with van der Waals surface area (Å²) >= 11 is 0. The molecular weight excluding hydrogens is 246 g/mol. The Morgan fingerprint density at radius 2 is 2.05 bits per heavy atom. The van der Waals surface area contributed by atoms with E-state index in [1.807, 2.05) is 13.8 Å². The summed E-state index contributed by atoms with van der Waals surface area (Å²) in [7, 11) is 1.50. The molecule has 0 saturated carbocycles. The van der Waals surface area contributed by atoms with Crippen LogP contribution < -0.4 is 10.2 Å². The van der Waals surface area contributed by atoms with Crippen molar-refractivity contribution in [1.82, 2.24) is 4.57 Å². The topological polar surface area (TPSA) is 68.5 Å². The van der Waals surface area contributed by atoms with E-state index in [1.165, 1.54) is 13.3 Å². The minimum absolute atomic E-state index is 0.0506. The fourth-order valence-corrected chi connectivity index (χ4v) is 2.04. The first kappa shape index (κ1) is 13.1. The van der Waals surface area contributed by atoms with Gasteiger partial charge in [0.1, 0.15) is 11.3 Å². The highest BCUT2D eigenvalue weighted by Gasteiger charge is 2.16. The number of carbonyl (C=O) groups is 1. The van der Waals surface area contributed by atoms with E-state index >= 15 is 0 Å². The van der Waals surface area contributed by atoms with Gasteiger partial charge in [-0.1, -0.05) is 0 Å². The van der Waals surface area contributed by atoms with Crippen LogP contribution in [0.15, 0.2) is 29.2 Å². The van der Waals surface area contributed by atoms with Gasteiger partial charge < -0.3 is 14.4 Å². The van der Waals surface area contributed by atoms with Gasteiger partial charge in [-0.3, -0.25) is 4.79 Å². The molecular formula is C14H15NO4. The highest BCUT2D eigenvalue weighted by molar-refractivity contribution is 5.93. The number of hydrogen-bond acceptors (Lipinski definition) is 3. The van der Waals surface area contributed by atoms with Crippen molar-refractivity contribution >= 4 is 16.9 Å². The number of nitrogens with zero attached hydrogens (tertiary/aromatic N) is 1. The summed E-state index contributed by atoms with van der Waals surface area (Å²) in [5.74, 6) is -0.688. The number of pyridine rings is 1. The minimum Gasteiger partial charge on any atom is -0.497 e. The van der Waals surface area contributed by atoms with Crippen LogP contribution in [0.3, 0.4) is 0 Å². The van der Waals surface area contributed by atoms with Crippen molar-refractivity contribution in [2.24, 2.45) is 0 Å². The zero-order chi connectivity index (χ0) is 14.2. The molecule has 2 rings (SSSR count). The molecule has 1 N–H and O–H groups in total. The molecule has 1 aromatic heterocycles. The Morgan fingerprint density at radius 3 is 2.58 bits per heavy atom. The predicted octanol–water partition coefficient (Wildman–Crippen LogP) is 2.29. The van der Waals surface area contributed by atoms with Crippen LogP contribution >= 0.6 is 0 Å². The molecule has 0 amide bonds. The molecule has 0 atom stereocenters. The molecule has 0 spiro atoms. The van der Waals surface area contributed by atoms with Gasteiger partial charge in [0.15, 0.2) is 0 Å². The second kappa shape index (κ2) is 4.76. The van der Waals surface area contributed by atoms with E-state index in [0.717, 1.165) is 0 Å². The first-order valence-electron chi connectivity index (χ1n) is 5.92. The Morgan fingerprint density at radius 1 is 1.37 bits per heavy atom. The smallest absolute Gasteiger partial charge is 0.341 e. The van der Waals surface area contributed by atoms with Crippen molar-refractivity contribution in [1.29, 1.82) is 0 Å². The molecule has 0 aliphatic rings. The van der Waals surface area contributed by atoms with Gasteiger partial charge >= 0.3 is 5.97 Å². The van der Waals surface area contributed by atoms with E-state index < -0.39 is 11.4 Å². The highest BCUT2D eigenvalue weighted by Crippen LogP contribution is 2.21. The maximum absolute atomic E-state index is 12.2. The zero-order valence-electron chi connectivity index (χ0n) is 11.0. The van der Waals surface area contributed by atoms with Gasteiger partial charge in [-0.25, -0.2) is 4.79 Å². The summed E-state index contributed by atoms with van der Waals surface area (Å²) in [6, 6.07) is 5.14. The van der Waals surface area contributed by atoms with E-state index in [-0.39, 0.29) is 11.6 Å². The second-order valence-electron chi connectivity index (χ2n) is 4.56. The number of methoxy groups -OCH3 is 1. The van der Waals surface area contributed by atoms with Crippen LogP contribution in [0.1, 0.15) is 30.2 Å². The molecule has 1 heterocycles. The fourth-order valence-electron chi connectivity index (χ4n) is 2.04. The van der Waals surface area contributed by atoms with Crippen LogP contribution in [0.5, 0.6) is 5.75 Å². The Labute approximate surface area is 110 Å². The maximum atomic E-state index is 12.2. The number of rotatable bonds is 3. The lowest BCUT2D eigenvalue weighted by atomic mass is 10.1. The third-order valence-corrected chi connectivity index (χ3v) is 3.03. The Kier molecular flexibility index (Phi) is 3.29. The summed E-state index contributed by atoms with van der Waals surface area (Å²) in [6.45, 7) is 3.86. The molecule has 2 aromatic rings. The third-order valence-electron chi connectivity index (χ3n) is 3.03. The van der Waals surface area contributed by atoms with Crippen molar-refractivity contribution in [2.45, 2.75) is 19.9 Å². The summed E-state index contributed by atoms with van der Waals surface area (Å²) in [4.78, 5) is 23.3. The van der Waals surface area contributed by atoms with Gasteiger partial charge in [0.2, 0.25) is 5.43 Å². The summed E-state index contributed by atoms with van der Waals surface area (Å²) in [5, 5.41) is 9.47. The van der Waals surface area contributed by atoms with Crippen molar-refractivity contribution in [3.63, 3.8) is 0 Å². The van der Waals surface area contributed by atoms with Crippen LogP contribution in [0.4, 0.5) is 0 Å². The van der Waals surface area contributed by atoms with E-state index in [1.54, 1.807) is 22.8 Å². The number of hydrogen-bond donors (Lipinski definition) is 1. The molecule has 19 heavy (non-hydrogen) atoms. The fraction of sp³-hybridized carbons (Fsp3) is 0.286.